The molecule has 0 saturated heterocycles. The summed E-state index contributed by atoms with van der Waals surface area (Å²) < 4.78 is 0. The monoisotopic (exact) mass is 353 g/mol. The van der Waals surface area contributed by atoms with Crippen LogP contribution >= 0.6 is 11.8 Å². The van der Waals surface area contributed by atoms with Crippen molar-refractivity contribution in [3.8, 4) is 0 Å². The van der Waals surface area contributed by atoms with E-state index in [9.17, 15) is 4.79 Å². The molecular formula is C20H23N3OS. The number of anilines is 1. The summed E-state index contributed by atoms with van der Waals surface area (Å²) in [7, 11) is 0. The SMILES string of the molecule is CC[C@@H](C)c1ccccc1NC(=O)[C@@H](C)Sc1nc2ccccc2[nH]1. The van der Waals surface area contributed by atoms with E-state index in [1.807, 2.05) is 49.4 Å². The molecule has 0 fully saturated rings. The number of H-pyrrole nitrogens is 1. The average Bonchev–Trinajstić information content (AvgIpc) is 3.03. The second kappa shape index (κ2) is 7.74. The molecule has 0 bridgehead atoms. The first-order chi connectivity index (χ1) is 12.1. The molecule has 1 aromatic heterocycles. The molecule has 0 aliphatic carbocycles. The Morgan fingerprint density at radius 1 is 1.16 bits per heavy atom. The summed E-state index contributed by atoms with van der Waals surface area (Å²) in [5, 5.41) is 3.60. The van der Waals surface area contributed by atoms with Crippen LogP contribution in [0.15, 0.2) is 53.7 Å². The van der Waals surface area contributed by atoms with Crippen molar-refractivity contribution < 1.29 is 4.79 Å². The second-order valence-corrected chi connectivity index (χ2v) is 7.53. The number of carbonyl (C=O) groups excluding carboxylic acids is 1. The molecule has 3 aromatic rings. The summed E-state index contributed by atoms with van der Waals surface area (Å²) in [5.74, 6) is 0.399. The molecular weight excluding hydrogens is 330 g/mol. The molecule has 1 heterocycles. The Hall–Kier alpha value is -2.27. The molecule has 0 spiro atoms. The van der Waals surface area contributed by atoms with Gasteiger partial charge in [-0.3, -0.25) is 4.79 Å². The zero-order valence-corrected chi connectivity index (χ0v) is 15.6. The summed E-state index contributed by atoms with van der Waals surface area (Å²) in [4.78, 5) is 20.4. The lowest BCUT2D eigenvalue weighted by Gasteiger charge is -2.17. The lowest BCUT2D eigenvalue weighted by Crippen LogP contribution is -2.23. The van der Waals surface area contributed by atoms with Gasteiger partial charge in [0, 0.05) is 5.69 Å². The van der Waals surface area contributed by atoms with Crippen LogP contribution in [0.4, 0.5) is 5.69 Å². The highest BCUT2D eigenvalue weighted by Gasteiger charge is 2.18. The minimum atomic E-state index is -0.245. The van der Waals surface area contributed by atoms with Gasteiger partial charge in [0.15, 0.2) is 5.16 Å². The number of nitrogens with one attached hydrogen (secondary N) is 2. The van der Waals surface area contributed by atoms with Crippen LogP contribution in [-0.4, -0.2) is 21.1 Å². The number of aromatic nitrogens is 2. The third-order valence-corrected chi connectivity index (χ3v) is 5.37. The van der Waals surface area contributed by atoms with Crippen molar-refractivity contribution in [2.45, 2.75) is 43.5 Å². The largest absolute Gasteiger partial charge is 0.333 e. The third-order valence-electron chi connectivity index (χ3n) is 4.39. The fourth-order valence-corrected chi connectivity index (χ4v) is 3.52. The number of hydrogen-bond acceptors (Lipinski definition) is 3. The van der Waals surface area contributed by atoms with Gasteiger partial charge >= 0.3 is 0 Å². The first-order valence-electron chi connectivity index (χ1n) is 8.59. The summed E-state index contributed by atoms with van der Waals surface area (Å²) in [6, 6.07) is 15.9. The lowest BCUT2D eigenvalue weighted by atomic mass is 9.97. The normalized spacial score (nSPS) is 13.6. The maximum absolute atomic E-state index is 12.6. The van der Waals surface area contributed by atoms with Gasteiger partial charge in [-0.2, -0.15) is 0 Å². The second-order valence-electron chi connectivity index (χ2n) is 6.20. The van der Waals surface area contributed by atoms with Crippen LogP contribution in [-0.2, 0) is 4.79 Å². The highest BCUT2D eigenvalue weighted by atomic mass is 32.2. The molecule has 5 heteroatoms. The van der Waals surface area contributed by atoms with Crippen LogP contribution in [0.25, 0.3) is 11.0 Å². The average molecular weight is 353 g/mol. The van der Waals surface area contributed by atoms with Gasteiger partial charge in [0.25, 0.3) is 0 Å². The number of nitrogens with zero attached hydrogens (tertiary/aromatic N) is 1. The van der Waals surface area contributed by atoms with Gasteiger partial charge in [0.2, 0.25) is 5.91 Å². The van der Waals surface area contributed by atoms with Gasteiger partial charge < -0.3 is 10.3 Å². The zero-order valence-electron chi connectivity index (χ0n) is 14.7. The topological polar surface area (TPSA) is 57.8 Å². The van der Waals surface area contributed by atoms with Crippen molar-refractivity contribution in [3.05, 3.63) is 54.1 Å². The lowest BCUT2D eigenvalue weighted by molar-refractivity contribution is -0.115. The van der Waals surface area contributed by atoms with Crippen LogP contribution < -0.4 is 5.32 Å². The van der Waals surface area contributed by atoms with Crippen molar-refractivity contribution in [2.75, 3.05) is 5.32 Å². The van der Waals surface area contributed by atoms with Crippen LogP contribution in [0, 0.1) is 0 Å². The van der Waals surface area contributed by atoms with Crippen LogP contribution in [0.5, 0.6) is 0 Å². The Balaban J connectivity index is 1.71. The molecule has 2 N–H and O–H groups in total. The number of imidazole rings is 1. The Kier molecular flexibility index (Phi) is 5.43. The molecule has 4 nitrogen and oxygen atoms in total. The summed E-state index contributed by atoms with van der Waals surface area (Å²) in [5.41, 5.74) is 3.98. The van der Waals surface area contributed by atoms with E-state index in [4.69, 9.17) is 0 Å². The van der Waals surface area contributed by atoms with E-state index in [1.54, 1.807) is 0 Å². The standard InChI is InChI=1S/C20H23N3OS/c1-4-13(2)15-9-5-6-10-16(15)21-19(24)14(3)25-20-22-17-11-7-8-12-18(17)23-20/h5-14H,4H2,1-3H3,(H,21,24)(H,22,23)/t13-,14-/m1/s1. The van der Waals surface area contributed by atoms with Gasteiger partial charge in [-0.1, -0.05) is 55.9 Å². The van der Waals surface area contributed by atoms with Crippen molar-refractivity contribution >= 4 is 34.4 Å². The predicted molar refractivity (Wildman–Crippen MR) is 105 cm³/mol. The van der Waals surface area contributed by atoms with Crippen molar-refractivity contribution in [1.82, 2.24) is 9.97 Å². The highest BCUT2D eigenvalue weighted by Crippen LogP contribution is 2.28. The predicted octanol–water partition coefficient (Wildman–Crippen LogP) is 5.20. The molecule has 130 valence electrons. The van der Waals surface area contributed by atoms with Crippen LogP contribution in [0.3, 0.4) is 0 Å². The van der Waals surface area contributed by atoms with E-state index < -0.39 is 0 Å². The Labute approximate surface area is 152 Å². The minimum Gasteiger partial charge on any atom is -0.333 e. The van der Waals surface area contributed by atoms with Crippen molar-refractivity contribution in [2.24, 2.45) is 0 Å². The van der Waals surface area contributed by atoms with E-state index in [-0.39, 0.29) is 11.2 Å². The number of para-hydroxylation sites is 3. The first kappa shape index (κ1) is 17.5. The number of benzene rings is 2. The smallest absolute Gasteiger partial charge is 0.237 e. The van der Waals surface area contributed by atoms with E-state index in [0.29, 0.717) is 5.92 Å². The summed E-state index contributed by atoms with van der Waals surface area (Å²) in [6.45, 7) is 6.24. The molecule has 0 aliphatic rings. The molecule has 0 saturated carbocycles. The zero-order chi connectivity index (χ0) is 17.8. The number of rotatable bonds is 6. The van der Waals surface area contributed by atoms with E-state index in [0.717, 1.165) is 28.3 Å². The number of thioether (sulfide) groups is 1. The van der Waals surface area contributed by atoms with Gasteiger partial charge in [0.05, 0.1) is 16.3 Å². The van der Waals surface area contributed by atoms with Crippen LogP contribution in [0.2, 0.25) is 0 Å². The molecule has 1 amide bonds. The van der Waals surface area contributed by atoms with Crippen LogP contribution in [0.1, 0.15) is 38.7 Å². The fourth-order valence-electron chi connectivity index (χ4n) is 2.70. The van der Waals surface area contributed by atoms with Gasteiger partial charge in [0.1, 0.15) is 0 Å². The summed E-state index contributed by atoms with van der Waals surface area (Å²) >= 11 is 1.44. The minimum absolute atomic E-state index is 0.0128. The number of amides is 1. The molecule has 0 unspecified atom stereocenters. The molecule has 2 aromatic carbocycles. The molecule has 0 aliphatic heterocycles. The Bertz CT molecular complexity index is 841. The molecule has 2 atom stereocenters. The van der Waals surface area contributed by atoms with E-state index in [2.05, 4.69) is 35.2 Å². The fraction of sp³-hybridized carbons (Fsp3) is 0.300. The summed E-state index contributed by atoms with van der Waals surface area (Å²) in [6.07, 6.45) is 1.04. The quantitative estimate of drug-likeness (QED) is 0.599. The van der Waals surface area contributed by atoms with E-state index >= 15 is 0 Å². The first-order valence-corrected chi connectivity index (χ1v) is 9.47. The molecule has 3 rings (SSSR count). The number of fused-ring (bicyclic) bond motifs is 1. The molecule has 0 radical (unpaired) electrons. The van der Waals surface area contributed by atoms with Gasteiger partial charge in [-0.25, -0.2) is 4.98 Å². The Morgan fingerprint density at radius 2 is 1.88 bits per heavy atom. The van der Waals surface area contributed by atoms with Gasteiger partial charge in [-0.15, -0.1) is 0 Å². The third kappa shape index (κ3) is 4.04. The number of hydrogen-bond donors (Lipinski definition) is 2. The number of carbonyl (C=O) groups is 1. The maximum Gasteiger partial charge on any atom is 0.237 e. The number of aromatic amines is 1. The Morgan fingerprint density at radius 3 is 2.64 bits per heavy atom. The van der Waals surface area contributed by atoms with Crippen molar-refractivity contribution in [3.63, 3.8) is 0 Å². The van der Waals surface area contributed by atoms with E-state index in [1.165, 1.54) is 17.3 Å². The highest BCUT2D eigenvalue weighted by molar-refractivity contribution is 8.00. The molecule has 25 heavy (non-hydrogen) atoms. The van der Waals surface area contributed by atoms with Crippen molar-refractivity contribution in [1.29, 1.82) is 0 Å². The van der Waals surface area contributed by atoms with Gasteiger partial charge in [-0.05, 0) is 43.0 Å². The maximum atomic E-state index is 12.6.